The van der Waals surface area contributed by atoms with E-state index in [0.717, 1.165) is 26.6 Å². The number of rotatable bonds is 6. The van der Waals surface area contributed by atoms with E-state index in [0.29, 0.717) is 13.0 Å². The molecule has 6 heteroatoms. The first-order valence-corrected chi connectivity index (χ1v) is 10.5. The van der Waals surface area contributed by atoms with Gasteiger partial charge < -0.3 is 14.8 Å². The Morgan fingerprint density at radius 2 is 1.87 bits per heavy atom. The molecule has 1 aromatic heterocycles. The number of carbonyl (C=O) groups excluding carboxylic acids is 2. The number of ether oxygens (including phenoxy) is 2. The van der Waals surface area contributed by atoms with E-state index >= 15 is 0 Å². The standard InChI is InChI=1S/C24H21NO4S/c26-23(25-20-14-15-28-21-9-5-4-8-19(20)21)16-29-24(27)13-11-18-10-12-22(30-18)17-6-2-1-3-7-17/h1-13,20H,14-16H2,(H,25,26)/b13-11+. The minimum Gasteiger partial charge on any atom is -0.493 e. The molecule has 5 nitrogen and oxygen atoms in total. The van der Waals surface area contributed by atoms with Gasteiger partial charge >= 0.3 is 5.97 Å². The normalized spacial score (nSPS) is 15.3. The molecule has 2 aromatic carbocycles. The van der Waals surface area contributed by atoms with Crippen molar-refractivity contribution in [1.82, 2.24) is 5.32 Å². The molecule has 0 spiro atoms. The minimum atomic E-state index is -0.549. The summed E-state index contributed by atoms with van der Waals surface area (Å²) in [5.41, 5.74) is 2.08. The number of fused-ring (bicyclic) bond motifs is 1. The highest BCUT2D eigenvalue weighted by molar-refractivity contribution is 7.16. The van der Waals surface area contributed by atoms with Crippen LogP contribution in [-0.4, -0.2) is 25.1 Å². The number of esters is 1. The van der Waals surface area contributed by atoms with Crippen molar-refractivity contribution in [1.29, 1.82) is 0 Å². The number of para-hydroxylation sites is 1. The monoisotopic (exact) mass is 419 g/mol. The molecule has 2 heterocycles. The van der Waals surface area contributed by atoms with Gasteiger partial charge in [0.2, 0.25) is 0 Å². The van der Waals surface area contributed by atoms with Crippen molar-refractivity contribution < 1.29 is 19.1 Å². The molecule has 0 aliphatic carbocycles. The Morgan fingerprint density at radius 1 is 1.07 bits per heavy atom. The second-order valence-electron chi connectivity index (χ2n) is 6.80. The van der Waals surface area contributed by atoms with Crippen LogP contribution < -0.4 is 10.1 Å². The fourth-order valence-electron chi connectivity index (χ4n) is 3.26. The van der Waals surface area contributed by atoms with Gasteiger partial charge in [-0.15, -0.1) is 11.3 Å². The summed E-state index contributed by atoms with van der Waals surface area (Å²) in [6.07, 6.45) is 3.72. The van der Waals surface area contributed by atoms with E-state index in [2.05, 4.69) is 5.32 Å². The molecule has 30 heavy (non-hydrogen) atoms. The second kappa shape index (κ2) is 9.41. The smallest absolute Gasteiger partial charge is 0.331 e. The van der Waals surface area contributed by atoms with E-state index in [4.69, 9.17) is 9.47 Å². The fraction of sp³-hybridized carbons (Fsp3) is 0.167. The number of thiophene rings is 1. The van der Waals surface area contributed by atoms with Gasteiger partial charge in [-0.2, -0.15) is 0 Å². The van der Waals surface area contributed by atoms with E-state index in [1.807, 2.05) is 66.7 Å². The Bertz CT molecular complexity index is 1060. The van der Waals surface area contributed by atoms with E-state index in [9.17, 15) is 9.59 Å². The van der Waals surface area contributed by atoms with Crippen molar-refractivity contribution in [3.8, 4) is 16.2 Å². The Hall–Kier alpha value is -3.38. The first-order chi connectivity index (χ1) is 14.7. The first-order valence-electron chi connectivity index (χ1n) is 9.70. The van der Waals surface area contributed by atoms with Crippen molar-refractivity contribution >= 4 is 29.3 Å². The summed E-state index contributed by atoms with van der Waals surface area (Å²) >= 11 is 1.58. The zero-order chi connectivity index (χ0) is 20.8. The van der Waals surface area contributed by atoms with Crippen LogP contribution in [0.1, 0.15) is 22.9 Å². The van der Waals surface area contributed by atoms with Crippen LogP contribution in [0.3, 0.4) is 0 Å². The number of hydrogen-bond donors (Lipinski definition) is 1. The highest BCUT2D eigenvalue weighted by atomic mass is 32.1. The zero-order valence-corrected chi connectivity index (χ0v) is 17.1. The summed E-state index contributed by atoms with van der Waals surface area (Å²) in [5.74, 6) is -0.104. The van der Waals surface area contributed by atoms with E-state index < -0.39 is 5.97 Å². The molecule has 1 unspecified atom stereocenters. The molecule has 0 bridgehead atoms. The second-order valence-corrected chi connectivity index (χ2v) is 7.92. The maximum absolute atomic E-state index is 12.2. The maximum atomic E-state index is 12.2. The fourth-order valence-corrected chi connectivity index (χ4v) is 4.18. The Morgan fingerprint density at radius 3 is 2.73 bits per heavy atom. The summed E-state index contributed by atoms with van der Waals surface area (Å²) in [5, 5.41) is 2.91. The van der Waals surface area contributed by atoms with Gasteiger partial charge in [-0.3, -0.25) is 4.79 Å². The molecule has 0 fully saturated rings. The topological polar surface area (TPSA) is 64.6 Å². The number of amides is 1. The lowest BCUT2D eigenvalue weighted by Gasteiger charge is -2.26. The first kappa shape index (κ1) is 19.9. The van der Waals surface area contributed by atoms with Crippen LogP contribution >= 0.6 is 11.3 Å². The molecule has 1 atom stereocenters. The lowest BCUT2D eigenvalue weighted by atomic mass is 10.0. The molecule has 0 radical (unpaired) electrons. The third-order valence-corrected chi connectivity index (χ3v) is 5.81. The minimum absolute atomic E-state index is 0.140. The molecule has 1 aliphatic rings. The molecule has 152 valence electrons. The van der Waals surface area contributed by atoms with Gasteiger partial charge in [0.1, 0.15) is 5.75 Å². The van der Waals surface area contributed by atoms with Crippen LogP contribution in [0.4, 0.5) is 0 Å². The molecule has 1 N–H and O–H groups in total. The molecule has 3 aromatic rings. The lowest BCUT2D eigenvalue weighted by molar-refractivity contribution is -0.144. The van der Waals surface area contributed by atoms with Crippen molar-refractivity contribution in [2.45, 2.75) is 12.5 Å². The predicted octanol–water partition coefficient (Wildman–Crippen LogP) is 4.61. The van der Waals surface area contributed by atoms with Gasteiger partial charge in [-0.1, -0.05) is 48.5 Å². The quantitative estimate of drug-likeness (QED) is 0.468. The maximum Gasteiger partial charge on any atom is 0.331 e. The number of hydrogen-bond acceptors (Lipinski definition) is 5. The van der Waals surface area contributed by atoms with Crippen LogP contribution in [0, 0.1) is 0 Å². The van der Waals surface area contributed by atoms with E-state index in [1.165, 1.54) is 6.08 Å². The highest BCUT2D eigenvalue weighted by Gasteiger charge is 2.22. The van der Waals surface area contributed by atoms with E-state index in [-0.39, 0.29) is 18.6 Å². The molecule has 0 saturated carbocycles. The third kappa shape index (κ3) is 4.96. The van der Waals surface area contributed by atoms with Crippen LogP contribution in [-0.2, 0) is 14.3 Å². The SMILES string of the molecule is O=C(COC(=O)/C=C/c1ccc(-c2ccccc2)s1)NC1CCOc2ccccc21. The van der Waals surface area contributed by atoms with Crippen molar-refractivity contribution in [3.63, 3.8) is 0 Å². The highest BCUT2D eigenvalue weighted by Crippen LogP contribution is 2.31. The Labute approximate surface area is 179 Å². The van der Waals surface area contributed by atoms with Crippen LogP contribution in [0.5, 0.6) is 5.75 Å². The van der Waals surface area contributed by atoms with Gasteiger partial charge in [-0.05, 0) is 29.8 Å². The molecule has 1 aliphatic heterocycles. The summed E-state index contributed by atoms with van der Waals surface area (Å²) in [6, 6.07) is 21.5. The largest absolute Gasteiger partial charge is 0.493 e. The van der Waals surface area contributed by atoms with Gasteiger partial charge in [-0.25, -0.2) is 4.79 Å². The molecule has 4 rings (SSSR count). The lowest BCUT2D eigenvalue weighted by Crippen LogP contribution is -2.34. The summed E-state index contributed by atoms with van der Waals surface area (Å²) < 4.78 is 10.7. The zero-order valence-electron chi connectivity index (χ0n) is 16.2. The van der Waals surface area contributed by atoms with Crippen LogP contribution in [0.15, 0.2) is 72.8 Å². The van der Waals surface area contributed by atoms with Crippen molar-refractivity contribution in [3.05, 3.63) is 83.2 Å². The number of carbonyl (C=O) groups is 2. The average Bonchev–Trinajstić information content (AvgIpc) is 3.26. The number of benzene rings is 2. The molecular formula is C24H21NO4S. The Balaban J connectivity index is 1.27. The van der Waals surface area contributed by atoms with Gasteiger partial charge in [0.25, 0.3) is 5.91 Å². The van der Waals surface area contributed by atoms with Crippen LogP contribution in [0.25, 0.3) is 16.5 Å². The van der Waals surface area contributed by atoms with Gasteiger partial charge in [0, 0.05) is 27.8 Å². The summed E-state index contributed by atoms with van der Waals surface area (Å²) in [4.78, 5) is 26.3. The van der Waals surface area contributed by atoms with Crippen molar-refractivity contribution in [2.24, 2.45) is 0 Å². The molecular weight excluding hydrogens is 398 g/mol. The van der Waals surface area contributed by atoms with E-state index in [1.54, 1.807) is 17.4 Å². The van der Waals surface area contributed by atoms with Crippen LogP contribution in [0.2, 0.25) is 0 Å². The summed E-state index contributed by atoms with van der Waals surface area (Å²) in [6.45, 7) is 0.221. The molecule has 1 amide bonds. The molecule has 0 saturated heterocycles. The third-order valence-electron chi connectivity index (χ3n) is 4.71. The average molecular weight is 420 g/mol. The van der Waals surface area contributed by atoms with Gasteiger partial charge in [0.15, 0.2) is 6.61 Å². The number of nitrogens with one attached hydrogen (secondary N) is 1. The predicted molar refractivity (Wildman–Crippen MR) is 117 cm³/mol. The Kier molecular flexibility index (Phi) is 6.25. The van der Waals surface area contributed by atoms with Gasteiger partial charge in [0.05, 0.1) is 12.6 Å². The van der Waals surface area contributed by atoms with Crippen molar-refractivity contribution in [2.75, 3.05) is 13.2 Å². The summed E-state index contributed by atoms with van der Waals surface area (Å²) in [7, 11) is 0.